The van der Waals surface area contributed by atoms with Crippen LogP contribution in [0.2, 0.25) is 0 Å². The first-order chi connectivity index (χ1) is 7.79. The van der Waals surface area contributed by atoms with Crippen molar-refractivity contribution in [1.29, 1.82) is 0 Å². The molecule has 0 aromatic heterocycles. The molecular formula is C11H11F3O2S. The van der Waals surface area contributed by atoms with E-state index < -0.39 is 23.8 Å². The second-order valence-electron chi connectivity index (χ2n) is 3.56. The number of aryl methyl sites for hydroxylation is 1. The van der Waals surface area contributed by atoms with E-state index in [-0.39, 0.29) is 0 Å². The summed E-state index contributed by atoms with van der Waals surface area (Å²) in [5.41, 5.74) is 0.941. The molecule has 0 aliphatic carbocycles. The number of rotatable bonds is 4. The molecule has 0 aliphatic heterocycles. The number of alkyl halides is 3. The number of carbonyl (C=O) groups is 1. The molecule has 0 aliphatic rings. The number of aliphatic carboxylic acids is 1. The maximum Gasteiger partial charge on any atom is 0.401 e. The summed E-state index contributed by atoms with van der Waals surface area (Å²) in [5.74, 6) is -1.45. The second-order valence-corrected chi connectivity index (χ2v) is 4.84. The van der Waals surface area contributed by atoms with Gasteiger partial charge >= 0.3 is 12.1 Å². The van der Waals surface area contributed by atoms with Gasteiger partial charge in [0, 0.05) is 4.90 Å². The maximum atomic E-state index is 12.6. The van der Waals surface area contributed by atoms with Gasteiger partial charge in [0.2, 0.25) is 0 Å². The molecule has 0 saturated carbocycles. The molecule has 1 atom stereocenters. The molecule has 1 aromatic carbocycles. The lowest BCUT2D eigenvalue weighted by atomic mass is 10.2. The molecule has 1 unspecified atom stereocenters. The highest BCUT2D eigenvalue weighted by Gasteiger charge is 2.41. The Balaban J connectivity index is 2.79. The van der Waals surface area contributed by atoms with Crippen LogP contribution in [-0.4, -0.2) is 22.5 Å². The monoisotopic (exact) mass is 264 g/mol. The van der Waals surface area contributed by atoms with Crippen LogP contribution in [0.4, 0.5) is 13.2 Å². The summed E-state index contributed by atoms with van der Waals surface area (Å²) in [6, 6.07) is 6.49. The Labute approximate surface area is 101 Å². The van der Waals surface area contributed by atoms with E-state index in [1.165, 1.54) is 0 Å². The molecule has 2 nitrogen and oxygen atoms in total. The number of halogens is 3. The van der Waals surface area contributed by atoms with Gasteiger partial charge in [0.25, 0.3) is 0 Å². The molecule has 1 N–H and O–H groups in total. The van der Waals surface area contributed by atoms with E-state index in [0.717, 1.165) is 5.56 Å². The van der Waals surface area contributed by atoms with E-state index in [1.54, 1.807) is 24.3 Å². The summed E-state index contributed by atoms with van der Waals surface area (Å²) in [4.78, 5) is 10.8. The van der Waals surface area contributed by atoms with Crippen molar-refractivity contribution in [3.05, 3.63) is 29.8 Å². The molecule has 0 amide bonds. The number of carboxylic acids is 1. The van der Waals surface area contributed by atoms with Gasteiger partial charge in [-0.25, -0.2) is 0 Å². The smallest absolute Gasteiger partial charge is 0.401 e. The predicted molar refractivity (Wildman–Crippen MR) is 59.1 cm³/mol. The normalized spacial score (nSPS) is 13.4. The summed E-state index contributed by atoms with van der Waals surface area (Å²) in [5, 5.41) is 6.54. The van der Waals surface area contributed by atoms with Gasteiger partial charge < -0.3 is 5.11 Å². The Kier molecular flexibility index (Phi) is 4.45. The summed E-state index contributed by atoms with van der Waals surface area (Å²) >= 11 is 0.527. The van der Waals surface area contributed by atoms with E-state index in [9.17, 15) is 18.0 Å². The Hall–Kier alpha value is -1.17. The molecule has 94 valence electrons. The van der Waals surface area contributed by atoms with Crippen molar-refractivity contribution in [2.45, 2.75) is 29.7 Å². The molecule has 1 rings (SSSR count). The highest BCUT2D eigenvalue weighted by atomic mass is 32.2. The van der Waals surface area contributed by atoms with Crippen LogP contribution in [0.5, 0.6) is 0 Å². The van der Waals surface area contributed by atoms with E-state index in [0.29, 0.717) is 16.7 Å². The Morgan fingerprint density at radius 2 is 1.88 bits per heavy atom. The molecule has 0 heterocycles. The zero-order valence-electron chi connectivity index (χ0n) is 8.99. The minimum atomic E-state index is -4.52. The fourth-order valence-corrected chi connectivity index (χ4v) is 2.15. The van der Waals surface area contributed by atoms with E-state index in [1.807, 2.05) is 6.92 Å². The van der Waals surface area contributed by atoms with Crippen molar-refractivity contribution in [3.63, 3.8) is 0 Å². The lowest BCUT2D eigenvalue weighted by Gasteiger charge is -2.17. The van der Waals surface area contributed by atoms with Crippen molar-refractivity contribution in [2.75, 3.05) is 0 Å². The van der Waals surface area contributed by atoms with Gasteiger partial charge in [-0.1, -0.05) is 17.7 Å². The van der Waals surface area contributed by atoms with Crippen LogP contribution in [0.1, 0.15) is 12.0 Å². The zero-order chi connectivity index (χ0) is 13.1. The third-order valence-electron chi connectivity index (χ3n) is 2.02. The van der Waals surface area contributed by atoms with Crippen LogP contribution >= 0.6 is 11.8 Å². The fraction of sp³-hybridized carbons (Fsp3) is 0.364. The quantitative estimate of drug-likeness (QED) is 0.846. The minimum Gasteiger partial charge on any atom is -0.481 e. The van der Waals surface area contributed by atoms with Crippen LogP contribution < -0.4 is 0 Å². The van der Waals surface area contributed by atoms with Gasteiger partial charge in [0.15, 0.2) is 0 Å². The minimum absolute atomic E-state index is 0.416. The average molecular weight is 264 g/mol. The largest absolute Gasteiger partial charge is 0.481 e. The Morgan fingerprint density at radius 3 is 2.29 bits per heavy atom. The van der Waals surface area contributed by atoms with Crippen LogP contribution in [-0.2, 0) is 4.79 Å². The van der Waals surface area contributed by atoms with Gasteiger partial charge in [-0.05, 0) is 19.1 Å². The standard InChI is InChI=1S/C11H11F3O2S/c1-7-2-4-8(5-3-7)17-9(6-10(15)16)11(12,13)14/h2-5,9H,6H2,1H3,(H,15,16). The summed E-state index contributed by atoms with van der Waals surface area (Å²) in [6.45, 7) is 1.83. The fourth-order valence-electron chi connectivity index (χ4n) is 1.16. The van der Waals surface area contributed by atoms with E-state index in [4.69, 9.17) is 5.11 Å². The SMILES string of the molecule is Cc1ccc(SC(CC(=O)O)C(F)(F)F)cc1. The maximum absolute atomic E-state index is 12.6. The van der Waals surface area contributed by atoms with E-state index in [2.05, 4.69) is 0 Å². The number of thioether (sulfide) groups is 1. The number of carboxylic acid groups (broad SMARTS) is 1. The molecule has 0 fully saturated rings. The van der Waals surface area contributed by atoms with Crippen molar-refractivity contribution < 1.29 is 23.1 Å². The molecule has 0 bridgehead atoms. The molecule has 0 radical (unpaired) electrons. The Morgan fingerprint density at radius 1 is 1.35 bits per heavy atom. The van der Waals surface area contributed by atoms with Gasteiger partial charge in [0.05, 0.1) is 6.42 Å². The lowest BCUT2D eigenvalue weighted by molar-refractivity contribution is -0.149. The molecule has 1 aromatic rings. The van der Waals surface area contributed by atoms with Gasteiger partial charge in [0.1, 0.15) is 5.25 Å². The third-order valence-corrected chi connectivity index (χ3v) is 3.29. The predicted octanol–water partition coefficient (Wildman–Crippen LogP) is 3.49. The highest BCUT2D eigenvalue weighted by molar-refractivity contribution is 8.00. The summed E-state index contributed by atoms with van der Waals surface area (Å²) in [7, 11) is 0. The van der Waals surface area contributed by atoms with Crippen molar-refractivity contribution in [3.8, 4) is 0 Å². The third kappa shape index (κ3) is 4.68. The summed E-state index contributed by atoms with van der Waals surface area (Å²) < 4.78 is 37.7. The van der Waals surface area contributed by atoms with E-state index >= 15 is 0 Å². The zero-order valence-corrected chi connectivity index (χ0v) is 9.81. The molecule has 6 heteroatoms. The van der Waals surface area contributed by atoms with Crippen LogP contribution in [0.25, 0.3) is 0 Å². The first kappa shape index (κ1) is 13.9. The highest BCUT2D eigenvalue weighted by Crippen LogP contribution is 2.37. The first-order valence-corrected chi connectivity index (χ1v) is 5.69. The molecular weight excluding hydrogens is 253 g/mol. The van der Waals surface area contributed by atoms with Crippen molar-refractivity contribution in [2.24, 2.45) is 0 Å². The van der Waals surface area contributed by atoms with Gasteiger partial charge in [-0.2, -0.15) is 13.2 Å². The van der Waals surface area contributed by atoms with Crippen LogP contribution in [0.3, 0.4) is 0 Å². The molecule has 0 saturated heterocycles. The number of hydrogen-bond donors (Lipinski definition) is 1. The average Bonchev–Trinajstić information content (AvgIpc) is 2.18. The second kappa shape index (κ2) is 5.44. The topological polar surface area (TPSA) is 37.3 Å². The van der Waals surface area contributed by atoms with Crippen molar-refractivity contribution in [1.82, 2.24) is 0 Å². The van der Waals surface area contributed by atoms with Gasteiger partial charge in [-0.3, -0.25) is 4.79 Å². The van der Waals surface area contributed by atoms with Gasteiger partial charge in [-0.15, -0.1) is 11.8 Å². The molecule has 0 spiro atoms. The number of benzene rings is 1. The Bertz CT molecular complexity index is 387. The first-order valence-electron chi connectivity index (χ1n) is 4.81. The summed E-state index contributed by atoms with van der Waals surface area (Å²) in [6.07, 6.45) is -5.45. The lowest BCUT2D eigenvalue weighted by Crippen LogP contribution is -2.28. The number of hydrogen-bond acceptors (Lipinski definition) is 2. The van der Waals surface area contributed by atoms with Crippen molar-refractivity contribution >= 4 is 17.7 Å². The molecule has 17 heavy (non-hydrogen) atoms. The van der Waals surface area contributed by atoms with Crippen LogP contribution in [0, 0.1) is 6.92 Å². The van der Waals surface area contributed by atoms with Crippen LogP contribution in [0.15, 0.2) is 29.2 Å².